The fraction of sp³-hybridized carbons (Fsp3) is 0.312. The maximum absolute atomic E-state index is 13.6. The third-order valence-corrected chi connectivity index (χ3v) is 3.87. The van der Waals surface area contributed by atoms with Crippen LogP contribution in [0.15, 0.2) is 30.6 Å². The molecule has 0 saturated carbocycles. The van der Waals surface area contributed by atoms with Gasteiger partial charge in [0, 0.05) is 44.6 Å². The Hall–Kier alpha value is -2.61. The zero-order chi connectivity index (χ0) is 17.1. The lowest BCUT2D eigenvalue weighted by Crippen LogP contribution is -2.47. The highest BCUT2D eigenvalue weighted by atomic mass is 19.1. The van der Waals surface area contributed by atoms with Crippen molar-refractivity contribution >= 4 is 17.5 Å². The number of likely N-dealkylation sites (N-methyl/N-ethyl adjacent to an activating group) is 1. The zero-order valence-electron chi connectivity index (χ0n) is 13.2. The Morgan fingerprint density at radius 2 is 1.79 bits per heavy atom. The maximum atomic E-state index is 13.6. The minimum atomic E-state index is -0.740. The first-order valence-corrected chi connectivity index (χ1v) is 7.55. The molecule has 2 heterocycles. The highest BCUT2D eigenvalue weighted by Crippen LogP contribution is 2.18. The van der Waals surface area contributed by atoms with Crippen LogP contribution in [-0.2, 0) is 0 Å². The molecule has 8 heteroatoms. The van der Waals surface area contributed by atoms with Gasteiger partial charge in [-0.25, -0.2) is 18.7 Å². The minimum absolute atomic E-state index is 0.0644. The smallest absolute Gasteiger partial charge is 0.257 e. The molecule has 1 saturated heterocycles. The molecule has 1 aromatic carbocycles. The van der Waals surface area contributed by atoms with Crippen LogP contribution >= 0.6 is 0 Å². The van der Waals surface area contributed by atoms with Crippen molar-refractivity contribution < 1.29 is 13.6 Å². The number of carbonyl (C=O) groups excluding carboxylic acids is 1. The first kappa shape index (κ1) is 16.3. The van der Waals surface area contributed by atoms with Crippen LogP contribution in [-0.4, -0.2) is 58.9 Å². The van der Waals surface area contributed by atoms with Gasteiger partial charge in [-0.1, -0.05) is 0 Å². The summed E-state index contributed by atoms with van der Waals surface area (Å²) in [6.45, 7) is 2.98. The quantitative estimate of drug-likeness (QED) is 0.929. The zero-order valence-corrected chi connectivity index (χ0v) is 13.2. The number of halogens is 2. The van der Waals surface area contributed by atoms with Crippen LogP contribution in [0.3, 0.4) is 0 Å². The molecular weight excluding hydrogens is 316 g/mol. The molecule has 24 heavy (non-hydrogen) atoms. The van der Waals surface area contributed by atoms with E-state index in [-0.39, 0.29) is 17.5 Å². The van der Waals surface area contributed by atoms with Crippen LogP contribution in [0.1, 0.15) is 10.4 Å². The summed E-state index contributed by atoms with van der Waals surface area (Å²) in [4.78, 5) is 24.3. The number of rotatable bonds is 3. The van der Waals surface area contributed by atoms with Crippen molar-refractivity contribution in [3.8, 4) is 0 Å². The number of benzene rings is 1. The van der Waals surface area contributed by atoms with Crippen LogP contribution in [0.4, 0.5) is 20.4 Å². The Morgan fingerprint density at radius 1 is 1.12 bits per heavy atom. The average molecular weight is 333 g/mol. The van der Waals surface area contributed by atoms with Gasteiger partial charge in [-0.15, -0.1) is 0 Å². The SMILES string of the molecule is CN1CCN(C(=O)c2cnc(Nc3ccc(F)cc3F)nc2)CC1. The Labute approximate surface area is 138 Å². The number of hydrogen-bond acceptors (Lipinski definition) is 5. The van der Waals surface area contributed by atoms with Gasteiger partial charge in [0.1, 0.15) is 11.6 Å². The molecule has 1 amide bonds. The van der Waals surface area contributed by atoms with E-state index in [1.807, 2.05) is 7.05 Å². The highest BCUT2D eigenvalue weighted by Gasteiger charge is 2.20. The fourth-order valence-corrected chi connectivity index (χ4v) is 2.41. The summed E-state index contributed by atoms with van der Waals surface area (Å²) in [5, 5.41) is 2.66. The van der Waals surface area contributed by atoms with E-state index in [9.17, 15) is 13.6 Å². The van der Waals surface area contributed by atoms with Crippen molar-refractivity contribution in [3.05, 3.63) is 47.8 Å². The normalized spacial score (nSPS) is 15.4. The molecule has 3 rings (SSSR count). The molecule has 1 aliphatic heterocycles. The van der Waals surface area contributed by atoms with Crippen molar-refractivity contribution in [2.45, 2.75) is 0 Å². The van der Waals surface area contributed by atoms with Crippen LogP contribution in [0.5, 0.6) is 0 Å². The van der Waals surface area contributed by atoms with Gasteiger partial charge >= 0.3 is 0 Å². The molecule has 0 spiro atoms. The lowest BCUT2D eigenvalue weighted by molar-refractivity contribution is 0.0663. The van der Waals surface area contributed by atoms with Crippen LogP contribution < -0.4 is 5.32 Å². The number of carbonyl (C=O) groups is 1. The molecule has 1 N–H and O–H groups in total. The largest absolute Gasteiger partial charge is 0.336 e. The van der Waals surface area contributed by atoms with Gasteiger partial charge in [0.15, 0.2) is 0 Å². The number of anilines is 2. The van der Waals surface area contributed by atoms with E-state index in [1.165, 1.54) is 18.5 Å². The summed E-state index contributed by atoms with van der Waals surface area (Å²) in [6.07, 6.45) is 2.80. The monoisotopic (exact) mass is 333 g/mol. The summed E-state index contributed by atoms with van der Waals surface area (Å²) in [5.41, 5.74) is 0.444. The number of nitrogens with zero attached hydrogens (tertiary/aromatic N) is 4. The van der Waals surface area contributed by atoms with E-state index in [2.05, 4.69) is 20.2 Å². The number of amides is 1. The number of nitrogens with one attached hydrogen (secondary N) is 1. The third kappa shape index (κ3) is 3.65. The molecule has 0 aliphatic carbocycles. The van der Waals surface area contributed by atoms with Gasteiger partial charge in [0.05, 0.1) is 11.3 Å². The van der Waals surface area contributed by atoms with Crippen molar-refractivity contribution in [1.29, 1.82) is 0 Å². The lowest BCUT2D eigenvalue weighted by Gasteiger charge is -2.32. The number of aromatic nitrogens is 2. The van der Waals surface area contributed by atoms with Gasteiger partial charge in [0.25, 0.3) is 5.91 Å². The predicted molar refractivity (Wildman–Crippen MR) is 85.1 cm³/mol. The summed E-state index contributed by atoms with van der Waals surface area (Å²) in [7, 11) is 2.01. The summed E-state index contributed by atoms with van der Waals surface area (Å²) < 4.78 is 26.5. The third-order valence-electron chi connectivity index (χ3n) is 3.87. The van der Waals surface area contributed by atoms with Gasteiger partial charge in [-0.2, -0.15) is 0 Å². The van der Waals surface area contributed by atoms with E-state index in [0.29, 0.717) is 18.7 Å². The highest BCUT2D eigenvalue weighted by molar-refractivity contribution is 5.93. The Balaban J connectivity index is 1.68. The molecule has 1 aliphatic rings. The standard InChI is InChI=1S/C16H17F2N5O/c1-22-4-6-23(7-5-22)15(24)11-9-19-16(20-10-11)21-14-3-2-12(17)8-13(14)18/h2-3,8-10H,4-7H2,1H3,(H,19,20,21). The average Bonchev–Trinajstić information content (AvgIpc) is 2.58. The lowest BCUT2D eigenvalue weighted by atomic mass is 10.2. The Kier molecular flexibility index (Phi) is 4.66. The molecule has 6 nitrogen and oxygen atoms in total. The van der Waals surface area contributed by atoms with Gasteiger partial charge in [0.2, 0.25) is 5.95 Å². The number of hydrogen-bond donors (Lipinski definition) is 1. The van der Waals surface area contributed by atoms with Gasteiger partial charge in [-0.05, 0) is 19.2 Å². The molecule has 1 fully saturated rings. The first-order valence-electron chi connectivity index (χ1n) is 7.55. The van der Waals surface area contributed by atoms with Gasteiger partial charge in [-0.3, -0.25) is 4.79 Å². The first-order chi connectivity index (χ1) is 11.5. The number of piperazine rings is 1. The second-order valence-corrected chi connectivity index (χ2v) is 5.64. The topological polar surface area (TPSA) is 61.4 Å². The van der Waals surface area contributed by atoms with E-state index in [4.69, 9.17) is 0 Å². The summed E-state index contributed by atoms with van der Waals surface area (Å²) in [6, 6.07) is 3.17. The second-order valence-electron chi connectivity index (χ2n) is 5.64. The fourth-order valence-electron chi connectivity index (χ4n) is 2.41. The molecule has 1 aromatic heterocycles. The molecule has 2 aromatic rings. The summed E-state index contributed by atoms with van der Waals surface area (Å²) >= 11 is 0. The Bertz CT molecular complexity index is 730. The molecule has 0 unspecified atom stereocenters. The predicted octanol–water partition coefficient (Wildman–Crippen LogP) is 1.89. The second kappa shape index (κ2) is 6.88. The molecule has 126 valence electrons. The molecule has 0 radical (unpaired) electrons. The van der Waals surface area contributed by atoms with E-state index in [1.54, 1.807) is 4.90 Å². The van der Waals surface area contributed by atoms with E-state index < -0.39 is 11.6 Å². The molecule has 0 atom stereocenters. The minimum Gasteiger partial charge on any atom is -0.336 e. The van der Waals surface area contributed by atoms with Crippen molar-refractivity contribution in [3.63, 3.8) is 0 Å². The van der Waals surface area contributed by atoms with Crippen molar-refractivity contribution in [2.24, 2.45) is 0 Å². The van der Waals surface area contributed by atoms with Crippen LogP contribution in [0, 0.1) is 11.6 Å². The van der Waals surface area contributed by atoms with Crippen LogP contribution in [0.2, 0.25) is 0 Å². The van der Waals surface area contributed by atoms with Crippen molar-refractivity contribution in [1.82, 2.24) is 19.8 Å². The van der Waals surface area contributed by atoms with Gasteiger partial charge < -0.3 is 15.1 Å². The molecular formula is C16H17F2N5O. The summed E-state index contributed by atoms with van der Waals surface area (Å²) in [5.74, 6) is -1.39. The molecule has 0 bridgehead atoms. The van der Waals surface area contributed by atoms with Crippen molar-refractivity contribution in [2.75, 3.05) is 38.5 Å². The van der Waals surface area contributed by atoms with E-state index >= 15 is 0 Å². The van der Waals surface area contributed by atoms with Crippen LogP contribution in [0.25, 0.3) is 0 Å². The van der Waals surface area contributed by atoms with E-state index in [0.717, 1.165) is 25.2 Å². The maximum Gasteiger partial charge on any atom is 0.257 e. The Morgan fingerprint density at radius 3 is 2.42 bits per heavy atom.